The van der Waals surface area contributed by atoms with E-state index in [1.54, 1.807) is 18.2 Å². The summed E-state index contributed by atoms with van der Waals surface area (Å²) < 4.78 is 4.70. The zero-order chi connectivity index (χ0) is 18.4. The van der Waals surface area contributed by atoms with Gasteiger partial charge < -0.3 is 4.74 Å². The molecular formula is C24H12O3. The molecule has 0 spiro atoms. The van der Waals surface area contributed by atoms with E-state index < -0.39 is 11.9 Å². The number of ether oxygens (including phenoxy) is 1. The van der Waals surface area contributed by atoms with E-state index in [2.05, 4.69) is 42.2 Å². The summed E-state index contributed by atoms with van der Waals surface area (Å²) in [5, 5.41) is 4.48. The lowest BCUT2D eigenvalue weighted by Gasteiger charge is -2.04. The topological polar surface area (TPSA) is 43.4 Å². The summed E-state index contributed by atoms with van der Waals surface area (Å²) in [5.41, 5.74) is 1.89. The summed E-state index contributed by atoms with van der Waals surface area (Å²) in [6, 6.07) is 23.5. The first kappa shape index (κ1) is 15.4. The standard InChI is InChI=1S/C24H12O3/c25-23-20-10-4-8-16(22(20)24(26)27-23)12-11-15-7-3-9-19-13-17-5-1-2-6-18(17)14-21(15)19/h1-10,13-14H. The van der Waals surface area contributed by atoms with Crippen molar-refractivity contribution in [3.05, 3.63) is 95.1 Å². The molecule has 0 bridgehead atoms. The molecule has 0 aromatic heterocycles. The van der Waals surface area contributed by atoms with Gasteiger partial charge in [0.25, 0.3) is 0 Å². The maximum absolute atomic E-state index is 12.0. The Balaban J connectivity index is 1.69. The van der Waals surface area contributed by atoms with E-state index in [4.69, 9.17) is 4.74 Å². The molecule has 5 rings (SSSR count). The van der Waals surface area contributed by atoms with Gasteiger partial charge in [-0.25, -0.2) is 9.59 Å². The maximum atomic E-state index is 12.0. The highest BCUT2D eigenvalue weighted by Crippen LogP contribution is 2.26. The van der Waals surface area contributed by atoms with Gasteiger partial charge in [-0.3, -0.25) is 0 Å². The van der Waals surface area contributed by atoms with Crippen LogP contribution in [0, 0.1) is 11.8 Å². The Morgan fingerprint density at radius 3 is 2.15 bits per heavy atom. The molecule has 0 N–H and O–H groups in total. The third-order valence-corrected chi connectivity index (χ3v) is 4.75. The summed E-state index contributed by atoms with van der Waals surface area (Å²) >= 11 is 0. The molecule has 4 aromatic rings. The van der Waals surface area contributed by atoms with E-state index >= 15 is 0 Å². The molecule has 0 unspecified atom stereocenters. The van der Waals surface area contributed by atoms with Crippen LogP contribution < -0.4 is 0 Å². The number of fused-ring (bicyclic) bond motifs is 3. The lowest BCUT2D eigenvalue weighted by atomic mass is 9.99. The Morgan fingerprint density at radius 1 is 0.630 bits per heavy atom. The van der Waals surface area contributed by atoms with Crippen molar-refractivity contribution in [1.29, 1.82) is 0 Å². The number of carbonyl (C=O) groups is 2. The van der Waals surface area contributed by atoms with Crippen LogP contribution in [0.1, 0.15) is 31.8 Å². The van der Waals surface area contributed by atoms with E-state index in [-0.39, 0.29) is 11.1 Å². The molecule has 1 aliphatic heterocycles. The molecule has 4 aromatic carbocycles. The van der Waals surface area contributed by atoms with Crippen LogP contribution in [-0.2, 0) is 4.74 Å². The zero-order valence-electron chi connectivity index (χ0n) is 14.2. The number of rotatable bonds is 0. The summed E-state index contributed by atoms with van der Waals surface area (Å²) in [7, 11) is 0. The van der Waals surface area contributed by atoms with Crippen LogP contribution in [0.5, 0.6) is 0 Å². The molecule has 27 heavy (non-hydrogen) atoms. The lowest BCUT2D eigenvalue weighted by Crippen LogP contribution is -1.98. The highest BCUT2D eigenvalue weighted by molar-refractivity contribution is 6.16. The first-order valence-corrected chi connectivity index (χ1v) is 8.54. The molecule has 3 heteroatoms. The Bertz CT molecular complexity index is 1340. The van der Waals surface area contributed by atoms with Crippen molar-refractivity contribution in [3.63, 3.8) is 0 Å². The molecule has 0 saturated carbocycles. The molecule has 0 radical (unpaired) electrons. The van der Waals surface area contributed by atoms with Crippen molar-refractivity contribution < 1.29 is 14.3 Å². The molecule has 3 nitrogen and oxygen atoms in total. The van der Waals surface area contributed by atoms with Crippen molar-refractivity contribution in [2.75, 3.05) is 0 Å². The number of hydrogen-bond acceptors (Lipinski definition) is 3. The first-order chi connectivity index (χ1) is 13.2. The zero-order valence-corrected chi connectivity index (χ0v) is 14.2. The molecule has 1 heterocycles. The fraction of sp³-hybridized carbons (Fsp3) is 0. The van der Waals surface area contributed by atoms with E-state index in [0.29, 0.717) is 5.56 Å². The van der Waals surface area contributed by atoms with E-state index in [1.807, 2.05) is 24.3 Å². The van der Waals surface area contributed by atoms with Crippen LogP contribution in [-0.4, -0.2) is 11.9 Å². The lowest BCUT2D eigenvalue weighted by molar-refractivity contribution is 0.0443. The number of cyclic esters (lactones) is 2. The molecule has 0 fully saturated rings. The summed E-state index contributed by atoms with van der Waals surface area (Å²) in [6.07, 6.45) is 0. The summed E-state index contributed by atoms with van der Waals surface area (Å²) in [6.45, 7) is 0. The molecule has 126 valence electrons. The first-order valence-electron chi connectivity index (χ1n) is 8.54. The van der Waals surface area contributed by atoms with Gasteiger partial charge in [-0.05, 0) is 51.9 Å². The minimum atomic E-state index is -0.635. The molecule has 1 aliphatic rings. The Labute approximate surface area is 155 Å². The Hall–Kier alpha value is -3.90. The predicted molar refractivity (Wildman–Crippen MR) is 104 cm³/mol. The Morgan fingerprint density at radius 2 is 1.30 bits per heavy atom. The van der Waals surface area contributed by atoms with Crippen molar-refractivity contribution in [1.82, 2.24) is 0 Å². The minimum absolute atomic E-state index is 0.251. The summed E-state index contributed by atoms with van der Waals surface area (Å²) in [4.78, 5) is 23.7. The van der Waals surface area contributed by atoms with Crippen molar-refractivity contribution >= 4 is 33.5 Å². The maximum Gasteiger partial charge on any atom is 0.348 e. The average molecular weight is 348 g/mol. The second kappa shape index (κ2) is 5.82. The van der Waals surface area contributed by atoms with Gasteiger partial charge in [-0.15, -0.1) is 0 Å². The van der Waals surface area contributed by atoms with Gasteiger partial charge in [-0.1, -0.05) is 54.3 Å². The predicted octanol–water partition coefficient (Wildman–Crippen LogP) is 4.70. The molecule has 0 atom stereocenters. The molecule has 0 amide bonds. The second-order valence-corrected chi connectivity index (χ2v) is 6.38. The third kappa shape index (κ3) is 2.47. The van der Waals surface area contributed by atoms with Gasteiger partial charge >= 0.3 is 11.9 Å². The second-order valence-electron chi connectivity index (χ2n) is 6.38. The normalized spacial score (nSPS) is 12.6. The molecule has 0 saturated heterocycles. The van der Waals surface area contributed by atoms with E-state index in [9.17, 15) is 9.59 Å². The van der Waals surface area contributed by atoms with E-state index in [0.717, 1.165) is 21.7 Å². The minimum Gasteiger partial charge on any atom is -0.386 e. The fourth-order valence-corrected chi connectivity index (χ4v) is 3.45. The smallest absolute Gasteiger partial charge is 0.348 e. The van der Waals surface area contributed by atoms with Crippen LogP contribution >= 0.6 is 0 Å². The fourth-order valence-electron chi connectivity index (χ4n) is 3.45. The van der Waals surface area contributed by atoms with Gasteiger partial charge in [0.05, 0.1) is 11.1 Å². The quantitative estimate of drug-likeness (QED) is 0.200. The van der Waals surface area contributed by atoms with Crippen LogP contribution in [0.15, 0.2) is 72.8 Å². The molecule has 0 aliphatic carbocycles. The SMILES string of the molecule is O=C1OC(=O)c2c(C#Cc3cccc4cc5ccccc5cc34)cccc21. The van der Waals surface area contributed by atoms with Crippen molar-refractivity contribution in [2.24, 2.45) is 0 Å². The monoisotopic (exact) mass is 348 g/mol. The van der Waals surface area contributed by atoms with Crippen molar-refractivity contribution in [2.45, 2.75) is 0 Å². The van der Waals surface area contributed by atoms with Gasteiger partial charge in [0.1, 0.15) is 0 Å². The molecular weight excluding hydrogens is 336 g/mol. The van der Waals surface area contributed by atoms with Gasteiger partial charge in [0, 0.05) is 11.1 Å². The third-order valence-electron chi connectivity index (χ3n) is 4.75. The van der Waals surface area contributed by atoms with Crippen LogP contribution in [0.4, 0.5) is 0 Å². The van der Waals surface area contributed by atoms with Crippen LogP contribution in [0.2, 0.25) is 0 Å². The largest absolute Gasteiger partial charge is 0.386 e. The van der Waals surface area contributed by atoms with Gasteiger partial charge in [-0.2, -0.15) is 0 Å². The van der Waals surface area contributed by atoms with E-state index in [1.165, 1.54) is 5.39 Å². The van der Waals surface area contributed by atoms with Crippen LogP contribution in [0.25, 0.3) is 21.5 Å². The number of benzene rings is 4. The van der Waals surface area contributed by atoms with Crippen LogP contribution in [0.3, 0.4) is 0 Å². The van der Waals surface area contributed by atoms with Gasteiger partial charge in [0.15, 0.2) is 0 Å². The van der Waals surface area contributed by atoms with Gasteiger partial charge in [0.2, 0.25) is 0 Å². The number of carbonyl (C=O) groups excluding carboxylic acids is 2. The Kier molecular flexibility index (Phi) is 3.31. The highest BCUT2D eigenvalue weighted by Gasteiger charge is 2.31. The summed E-state index contributed by atoms with van der Waals surface area (Å²) in [5.74, 6) is 4.96. The highest BCUT2D eigenvalue weighted by atomic mass is 16.6. The average Bonchev–Trinajstić information content (AvgIpc) is 2.99. The van der Waals surface area contributed by atoms with Crippen molar-refractivity contribution in [3.8, 4) is 11.8 Å². The number of hydrogen-bond donors (Lipinski definition) is 0. The number of esters is 2.